The van der Waals surface area contributed by atoms with E-state index in [-0.39, 0.29) is 12.6 Å². The van der Waals surface area contributed by atoms with Gasteiger partial charge in [0.2, 0.25) is 0 Å². The van der Waals surface area contributed by atoms with Crippen molar-refractivity contribution in [2.75, 3.05) is 59.1 Å². The molecule has 1 aromatic carbocycles. The lowest BCUT2D eigenvalue weighted by atomic mass is 10.0. The Morgan fingerprint density at radius 1 is 1.00 bits per heavy atom. The Morgan fingerprint density at radius 2 is 1.62 bits per heavy atom. The molecule has 5 heteroatoms. The monoisotopic (exact) mass is 333 g/mol. The minimum atomic E-state index is 0.0519. The molecule has 2 fully saturated rings. The van der Waals surface area contributed by atoms with E-state index in [1.165, 1.54) is 5.56 Å². The summed E-state index contributed by atoms with van der Waals surface area (Å²) in [6.07, 6.45) is 2.32. The number of aliphatic hydroxyl groups excluding tert-OH is 1. The van der Waals surface area contributed by atoms with Gasteiger partial charge in [0.1, 0.15) is 0 Å². The predicted molar refractivity (Wildman–Crippen MR) is 96.1 cm³/mol. The van der Waals surface area contributed by atoms with Crippen molar-refractivity contribution in [1.29, 1.82) is 0 Å². The molecule has 1 aromatic rings. The van der Waals surface area contributed by atoms with Crippen LogP contribution in [0.1, 0.15) is 24.4 Å². The molecule has 0 unspecified atom stereocenters. The van der Waals surface area contributed by atoms with E-state index in [2.05, 4.69) is 27.2 Å². The molecule has 0 aromatic heterocycles. The van der Waals surface area contributed by atoms with Crippen LogP contribution in [0.25, 0.3) is 0 Å². The van der Waals surface area contributed by atoms with E-state index < -0.39 is 0 Å². The summed E-state index contributed by atoms with van der Waals surface area (Å²) in [5.41, 5.74) is 1.18. The van der Waals surface area contributed by atoms with Crippen LogP contribution in [-0.4, -0.2) is 80.0 Å². The van der Waals surface area contributed by atoms with Gasteiger partial charge in [0.25, 0.3) is 0 Å². The van der Waals surface area contributed by atoms with E-state index in [9.17, 15) is 5.11 Å². The van der Waals surface area contributed by atoms with Gasteiger partial charge in [-0.2, -0.15) is 0 Å². The molecule has 24 heavy (non-hydrogen) atoms. The van der Waals surface area contributed by atoms with Crippen molar-refractivity contribution >= 4 is 0 Å². The molecule has 2 N–H and O–H groups in total. The van der Waals surface area contributed by atoms with E-state index >= 15 is 0 Å². The summed E-state index contributed by atoms with van der Waals surface area (Å²) in [6.45, 7) is 8.69. The zero-order chi connectivity index (χ0) is 16.6. The van der Waals surface area contributed by atoms with Crippen LogP contribution in [0.3, 0.4) is 0 Å². The summed E-state index contributed by atoms with van der Waals surface area (Å²) in [5, 5.41) is 13.3. The fourth-order valence-electron chi connectivity index (χ4n) is 3.66. The SMILES string of the molecule is OC[C@@H](NC1CCN(CCN2CCOCC2)CC1)c1ccccc1. The first-order valence-corrected chi connectivity index (χ1v) is 9.29. The molecule has 0 spiro atoms. The highest BCUT2D eigenvalue weighted by Gasteiger charge is 2.22. The molecule has 2 heterocycles. The Bertz CT molecular complexity index is 457. The Morgan fingerprint density at radius 3 is 2.25 bits per heavy atom. The highest BCUT2D eigenvalue weighted by atomic mass is 16.5. The summed E-state index contributed by atoms with van der Waals surface area (Å²) in [7, 11) is 0. The highest BCUT2D eigenvalue weighted by molar-refractivity contribution is 5.19. The molecule has 2 aliphatic rings. The fraction of sp³-hybridized carbons (Fsp3) is 0.684. The van der Waals surface area contributed by atoms with Gasteiger partial charge < -0.3 is 20.1 Å². The average Bonchev–Trinajstić information content (AvgIpc) is 2.67. The van der Waals surface area contributed by atoms with Gasteiger partial charge in [0.15, 0.2) is 0 Å². The fourth-order valence-corrected chi connectivity index (χ4v) is 3.66. The van der Waals surface area contributed by atoms with Gasteiger partial charge in [0, 0.05) is 32.2 Å². The number of rotatable bonds is 7. The molecular weight excluding hydrogens is 302 g/mol. The number of piperidine rings is 1. The molecule has 0 aliphatic carbocycles. The first-order chi connectivity index (χ1) is 11.8. The number of nitrogens with one attached hydrogen (secondary N) is 1. The van der Waals surface area contributed by atoms with Gasteiger partial charge in [-0.1, -0.05) is 30.3 Å². The van der Waals surface area contributed by atoms with Crippen molar-refractivity contribution in [2.45, 2.75) is 24.9 Å². The van der Waals surface area contributed by atoms with E-state index in [1.807, 2.05) is 18.2 Å². The van der Waals surface area contributed by atoms with E-state index in [0.717, 1.165) is 65.3 Å². The van der Waals surface area contributed by atoms with Crippen LogP contribution in [-0.2, 0) is 4.74 Å². The second kappa shape index (κ2) is 9.49. The average molecular weight is 333 g/mol. The summed E-state index contributed by atoms with van der Waals surface area (Å²) in [6, 6.07) is 10.8. The molecule has 134 valence electrons. The number of likely N-dealkylation sites (tertiary alicyclic amines) is 1. The normalized spacial score (nSPS) is 22.5. The zero-order valence-electron chi connectivity index (χ0n) is 14.6. The van der Waals surface area contributed by atoms with Gasteiger partial charge in [-0.3, -0.25) is 4.90 Å². The molecule has 2 aliphatic heterocycles. The van der Waals surface area contributed by atoms with Gasteiger partial charge in [-0.15, -0.1) is 0 Å². The number of aliphatic hydroxyl groups is 1. The third-order valence-electron chi connectivity index (χ3n) is 5.25. The van der Waals surface area contributed by atoms with Crippen molar-refractivity contribution in [1.82, 2.24) is 15.1 Å². The van der Waals surface area contributed by atoms with E-state index in [0.29, 0.717) is 6.04 Å². The Hall–Kier alpha value is -0.980. The van der Waals surface area contributed by atoms with Crippen molar-refractivity contribution in [2.24, 2.45) is 0 Å². The number of morpholine rings is 1. The lowest BCUT2D eigenvalue weighted by Crippen LogP contribution is -2.47. The Balaban J connectivity index is 1.38. The molecule has 5 nitrogen and oxygen atoms in total. The topological polar surface area (TPSA) is 48.0 Å². The molecule has 1 atom stereocenters. The number of nitrogens with zero attached hydrogens (tertiary/aromatic N) is 2. The third-order valence-corrected chi connectivity index (χ3v) is 5.25. The Kier molecular flexibility index (Phi) is 7.05. The number of ether oxygens (including phenoxy) is 1. The largest absolute Gasteiger partial charge is 0.394 e. The molecule has 0 radical (unpaired) electrons. The maximum absolute atomic E-state index is 9.70. The smallest absolute Gasteiger partial charge is 0.0626 e. The summed E-state index contributed by atoms with van der Waals surface area (Å²) in [4.78, 5) is 5.08. The van der Waals surface area contributed by atoms with Gasteiger partial charge in [0.05, 0.1) is 25.9 Å². The van der Waals surface area contributed by atoms with Crippen molar-refractivity contribution in [3.05, 3.63) is 35.9 Å². The molecule has 0 amide bonds. The van der Waals surface area contributed by atoms with Gasteiger partial charge in [-0.05, 0) is 31.5 Å². The van der Waals surface area contributed by atoms with Crippen LogP contribution in [0.15, 0.2) is 30.3 Å². The first-order valence-electron chi connectivity index (χ1n) is 9.29. The van der Waals surface area contributed by atoms with Crippen LogP contribution in [0.4, 0.5) is 0 Å². The lowest BCUT2D eigenvalue weighted by Gasteiger charge is -2.36. The Labute approximate surface area is 145 Å². The molecule has 0 bridgehead atoms. The predicted octanol–water partition coefficient (Wildman–Crippen LogP) is 1.11. The third kappa shape index (κ3) is 5.26. The second-order valence-corrected chi connectivity index (χ2v) is 6.88. The van der Waals surface area contributed by atoms with Gasteiger partial charge in [-0.25, -0.2) is 0 Å². The first kappa shape index (κ1) is 17.8. The summed E-state index contributed by atoms with van der Waals surface area (Å²) < 4.78 is 5.41. The van der Waals surface area contributed by atoms with E-state index in [4.69, 9.17) is 4.74 Å². The van der Waals surface area contributed by atoms with Crippen LogP contribution < -0.4 is 5.32 Å². The quantitative estimate of drug-likeness (QED) is 0.783. The van der Waals surface area contributed by atoms with Crippen molar-refractivity contribution in [3.63, 3.8) is 0 Å². The standard InChI is InChI=1S/C19H31N3O2/c23-16-19(17-4-2-1-3-5-17)20-18-6-8-21(9-7-18)10-11-22-12-14-24-15-13-22/h1-5,18-20,23H,6-16H2/t19-/m1/s1. The lowest BCUT2D eigenvalue weighted by molar-refractivity contribution is 0.0317. The van der Waals surface area contributed by atoms with Crippen LogP contribution in [0.2, 0.25) is 0 Å². The maximum atomic E-state index is 9.70. The minimum absolute atomic E-state index is 0.0519. The maximum Gasteiger partial charge on any atom is 0.0626 e. The van der Waals surface area contributed by atoms with Crippen LogP contribution in [0.5, 0.6) is 0 Å². The second-order valence-electron chi connectivity index (χ2n) is 6.88. The van der Waals surface area contributed by atoms with Crippen LogP contribution in [0, 0.1) is 0 Å². The van der Waals surface area contributed by atoms with E-state index in [1.54, 1.807) is 0 Å². The molecule has 2 saturated heterocycles. The molecular formula is C19H31N3O2. The number of hydrogen-bond donors (Lipinski definition) is 2. The summed E-state index contributed by atoms with van der Waals surface area (Å²) in [5.74, 6) is 0. The van der Waals surface area contributed by atoms with Gasteiger partial charge >= 0.3 is 0 Å². The number of hydrogen-bond acceptors (Lipinski definition) is 5. The molecule has 3 rings (SSSR count). The minimum Gasteiger partial charge on any atom is -0.394 e. The zero-order valence-corrected chi connectivity index (χ0v) is 14.6. The van der Waals surface area contributed by atoms with Crippen molar-refractivity contribution < 1.29 is 9.84 Å². The number of benzene rings is 1. The highest BCUT2D eigenvalue weighted by Crippen LogP contribution is 2.17. The van der Waals surface area contributed by atoms with Crippen LogP contribution >= 0.6 is 0 Å². The summed E-state index contributed by atoms with van der Waals surface area (Å²) >= 11 is 0. The molecule has 0 saturated carbocycles. The van der Waals surface area contributed by atoms with Crippen molar-refractivity contribution in [3.8, 4) is 0 Å².